The fourth-order valence-corrected chi connectivity index (χ4v) is 3.17. The van der Waals surface area contributed by atoms with Crippen molar-refractivity contribution in [3.8, 4) is 0 Å². The van der Waals surface area contributed by atoms with E-state index in [4.69, 9.17) is 5.73 Å². The predicted octanol–water partition coefficient (Wildman–Crippen LogP) is 2.95. The van der Waals surface area contributed by atoms with E-state index in [0.29, 0.717) is 11.3 Å². The number of hydrogen-bond acceptors (Lipinski definition) is 2. The van der Waals surface area contributed by atoms with E-state index in [0.717, 1.165) is 50.0 Å². The molecule has 0 aromatic heterocycles. The molecule has 2 fully saturated rings. The van der Waals surface area contributed by atoms with E-state index in [2.05, 4.69) is 18.7 Å². The van der Waals surface area contributed by atoms with Gasteiger partial charge in [-0.15, -0.1) is 0 Å². The second kappa shape index (κ2) is 4.51. The first kappa shape index (κ1) is 13.5. The lowest BCUT2D eigenvalue weighted by Gasteiger charge is -2.38. The summed E-state index contributed by atoms with van der Waals surface area (Å²) in [5.74, 6) is 0.331. The lowest BCUT2D eigenvalue weighted by molar-refractivity contribution is -0.136. The average molecular weight is 272 g/mol. The Morgan fingerprint density at radius 1 is 1.05 bits per heavy atom. The summed E-state index contributed by atoms with van der Waals surface area (Å²) in [5, 5.41) is 0. The Bertz CT molecular complexity index is 504. The zero-order valence-electron chi connectivity index (χ0n) is 12.5. The number of nitrogens with zero attached hydrogens (tertiary/aromatic N) is 1. The van der Waals surface area contributed by atoms with E-state index >= 15 is 0 Å². The molecule has 1 aromatic carbocycles. The van der Waals surface area contributed by atoms with Crippen LogP contribution in [0.15, 0.2) is 24.3 Å². The lowest BCUT2D eigenvalue weighted by atomic mass is 9.82. The molecule has 0 atom stereocenters. The van der Waals surface area contributed by atoms with Gasteiger partial charge in [-0.2, -0.15) is 0 Å². The maximum atomic E-state index is 12.9. The van der Waals surface area contributed by atoms with Crippen molar-refractivity contribution in [2.45, 2.75) is 44.9 Å². The Labute approximate surface area is 121 Å². The van der Waals surface area contributed by atoms with E-state index in [-0.39, 0.29) is 5.41 Å². The van der Waals surface area contributed by atoms with Gasteiger partial charge >= 0.3 is 0 Å². The molecule has 1 aliphatic heterocycles. The van der Waals surface area contributed by atoms with Crippen LogP contribution < -0.4 is 5.73 Å². The van der Waals surface area contributed by atoms with Crippen molar-refractivity contribution < 1.29 is 4.79 Å². The summed E-state index contributed by atoms with van der Waals surface area (Å²) < 4.78 is 0. The standard InChI is InChI=1S/C17H24N2O/c1-16(2)9-11-19(12-10-16)15(20)17(7-8-17)13-3-5-14(18)6-4-13/h3-6H,7-12,18H2,1-2H3. The molecule has 0 bridgehead atoms. The van der Waals surface area contributed by atoms with Crippen LogP contribution in [0.5, 0.6) is 0 Å². The minimum atomic E-state index is -0.241. The van der Waals surface area contributed by atoms with Crippen molar-refractivity contribution in [3.63, 3.8) is 0 Å². The number of nitrogens with two attached hydrogens (primary N) is 1. The van der Waals surface area contributed by atoms with Crippen LogP contribution in [0.1, 0.15) is 45.1 Å². The Kier molecular flexibility index (Phi) is 3.03. The number of likely N-dealkylation sites (tertiary alicyclic amines) is 1. The van der Waals surface area contributed by atoms with E-state index in [9.17, 15) is 4.79 Å². The first-order valence-corrected chi connectivity index (χ1v) is 7.58. The number of carbonyl (C=O) groups excluding carboxylic acids is 1. The minimum Gasteiger partial charge on any atom is -0.399 e. The largest absolute Gasteiger partial charge is 0.399 e. The summed E-state index contributed by atoms with van der Waals surface area (Å²) in [6.45, 7) is 6.40. The molecule has 0 spiro atoms. The van der Waals surface area contributed by atoms with Gasteiger partial charge in [0.05, 0.1) is 5.41 Å². The first-order valence-electron chi connectivity index (χ1n) is 7.58. The monoisotopic (exact) mass is 272 g/mol. The van der Waals surface area contributed by atoms with Crippen molar-refractivity contribution >= 4 is 11.6 Å². The minimum absolute atomic E-state index is 0.241. The summed E-state index contributed by atoms with van der Waals surface area (Å²) in [6.07, 6.45) is 4.18. The third kappa shape index (κ3) is 2.30. The second-order valence-corrected chi connectivity index (χ2v) is 7.16. The highest BCUT2D eigenvalue weighted by molar-refractivity contribution is 5.91. The van der Waals surface area contributed by atoms with E-state index < -0.39 is 0 Å². The number of benzene rings is 1. The molecular formula is C17H24N2O. The van der Waals surface area contributed by atoms with Crippen LogP contribution in [-0.4, -0.2) is 23.9 Å². The van der Waals surface area contributed by atoms with Gasteiger partial charge in [0.1, 0.15) is 0 Å². The fourth-order valence-electron chi connectivity index (χ4n) is 3.17. The summed E-state index contributed by atoms with van der Waals surface area (Å²) in [4.78, 5) is 15.0. The van der Waals surface area contributed by atoms with E-state index in [1.165, 1.54) is 0 Å². The highest BCUT2D eigenvalue weighted by Gasteiger charge is 2.53. The van der Waals surface area contributed by atoms with Crippen LogP contribution in [0, 0.1) is 5.41 Å². The number of rotatable bonds is 2. The van der Waals surface area contributed by atoms with Gasteiger partial charge in [0.15, 0.2) is 0 Å². The van der Waals surface area contributed by atoms with Crippen molar-refractivity contribution in [3.05, 3.63) is 29.8 Å². The topological polar surface area (TPSA) is 46.3 Å². The molecule has 108 valence electrons. The molecule has 1 saturated heterocycles. The van der Waals surface area contributed by atoms with Gasteiger partial charge in [0.25, 0.3) is 0 Å². The second-order valence-electron chi connectivity index (χ2n) is 7.16. The Morgan fingerprint density at radius 3 is 2.10 bits per heavy atom. The maximum Gasteiger partial charge on any atom is 0.233 e. The molecule has 2 N–H and O–H groups in total. The molecule has 1 aliphatic carbocycles. The third-order valence-corrected chi connectivity index (χ3v) is 5.03. The fraction of sp³-hybridized carbons (Fsp3) is 0.588. The van der Waals surface area contributed by atoms with Crippen molar-refractivity contribution in [2.24, 2.45) is 5.41 Å². The van der Waals surface area contributed by atoms with Crippen molar-refractivity contribution in [1.82, 2.24) is 4.90 Å². The summed E-state index contributed by atoms with van der Waals surface area (Å²) in [5.41, 5.74) is 7.79. The number of hydrogen-bond donors (Lipinski definition) is 1. The van der Waals surface area contributed by atoms with Crippen molar-refractivity contribution in [2.75, 3.05) is 18.8 Å². The summed E-state index contributed by atoms with van der Waals surface area (Å²) in [6, 6.07) is 7.85. The number of piperidine rings is 1. The van der Waals surface area contributed by atoms with Crippen molar-refractivity contribution in [1.29, 1.82) is 0 Å². The highest BCUT2D eigenvalue weighted by atomic mass is 16.2. The zero-order valence-corrected chi connectivity index (χ0v) is 12.5. The summed E-state index contributed by atoms with van der Waals surface area (Å²) >= 11 is 0. The number of carbonyl (C=O) groups is 1. The molecule has 20 heavy (non-hydrogen) atoms. The quantitative estimate of drug-likeness (QED) is 0.841. The van der Waals surface area contributed by atoms with Gasteiger partial charge in [-0.3, -0.25) is 4.79 Å². The summed E-state index contributed by atoms with van der Waals surface area (Å²) in [7, 11) is 0. The lowest BCUT2D eigenvalue weighted by Crippen LogP contribution is -2.45. The van der Waals surface area contributed by atoms with Gasteiger partial charge in [-0.25, -0.2) is 0 Å². The molecule has 3 nitrogen and oxygen atoms in total. The molecule has 1 heterocycles. The smallest absolute Gasteiger partial charge is 0.233 e. The molecule has 1 saturated carbocycles. The third-order valence-electron chi connectivity index (χ3n) is 5.03. The Balaban J connectivity index is 1.75. The number of amides is 1. The first-order chi connectivity index (χ1) is 9.43. The van der Waals surface area contributed by atoms with Crippen LogP contribution in [0.4, 0.5) is 5.69 Å². The Hall–Kier alpha value is -1.51. The molecule has 0 radical (unpaired) electrons. The van der Waals surface area contributed by atoms with Crippen LogP contribution >= 0.6 is 0 Å². The molecule has 3 rings (SSSR count). The molecule has 2 aliphatic rings. The van der Waals surface area contributed by atoms with Gasteiger partial charge in [0, 0.05) is 18.8 Å². The molecule has 1 amide bonds. The average Bonchev–Trinajstić information content (AvgIpc) is 3.20. The van der Waals surface area contributed by atoms with E-state index in [1.807, 2.05) is 24.3 Å². The molecule has 3 heteroatoms. The van der Waals surface area contributed by atoms with Gasteiger partial charge in [0.2, 0.25) is 5.91 Å². The number of nitrogen functional groups attached to an aromatic ring is 1. The molecule has 1 aromatic rings. The van der Waals surface area contributed by atoms with Crippen LogP contribution in [0.2, 0.25) is 0 Å². The zero-order chi connectivity index (χ0) is 14.4. The predicted molar refractivity (Wildman–Crippen MR) is 81.4 cm³/mol. The van der Waals surface area contributed by atoms with Gasteiger partial charge in [-0.1, -0.05) is 26.0 Å². The normalized spacial score (nSPS) is 23.4. The van der Waals surface area contributed by atoms with Crippen LogP contribution in [-0.2, 0) is 10.2 Å². The molecule has 0 unspecified atom stereocenters. The highest BCUT2D eigenvalue weighted by Crippen LogP contribution is 2.50. The van der Waals surface area contributed by atoms with Crippen LogP contribution in [0.25, 0.3) is 0 Å². The SMILES string of the molecule is CC1(C)CCN(C(=O)C2(c3ccc(N)cc3)CC2)CC1. The Morgan fingerprint density at radius 2 is 1.60 bits per heavy atom. The molecular weight excluding hydrogens is 248 g/mol. The van der Waals surface area contributed by atoms with Crippen LogP contribution in [0.3, 0.4) is 0 Å². The van der Waals surface area contributed by atoms with Gasteiger partial charge < -0.3 is 10.6 Å². The van der Waals surface area contributed by atoms with Gasteiger partial charge in [-0.05, 0) is 48.8 Å². The number of anilines is 1. The maximum absolute atomic E-state index is 12.9. The van der Waals surface area contributed by atoms with E-state index in [1.54, 1.807) is 0 Å².